The Bertz CT molecular complexity index is 918. The van der Waals surface area contributed by atoms with E-state index in [0.717, 1.165) is 33.2 Å². The third-order valence-electron chi connectivity index (χ3n) is 4.15. The van der Waals surface area contributed by atoms with Gasteiger partial charge >= 0.3 is 0 Å². The molecule has 6 heteroatoms. The summed E-state index contributed by atoms with van der Waals surface area (Å²) >= 11 is 3.07. The fraction of sp³-hybridized carbons (Fsp3) is 0.211. The van der Waals surface area contributed by atoms with Gasteiger partial charge in [0.1, 0.15) is 0 Å². The molecule has 2 aromatic carbocycles. The number of fused-ring (bicyclic) bond motifs is 1. The summed E-state index contributed by atoms with van der Waals surface area (Å²) in [5, 5.41) is 0. The molecule has 0 bridgehead atoms. The predicted molar refractivity (Wildman–Crippen MR) is 103 cm³/mol. The SMILES string of the molecule is O=C(CSc1nc2ccccc2s1)c1cccc(N2CCCC2=O)c1. The Morgan fingerprint density at radius 1 is 1.20 bits per heavy atom. The van der Waals surface area contributed by atoms with Crippen molar-refractivity contribution in [2.75, 3.05) is 17.2 Å². The summed E-state index contributed by atoms with van der Waals surface area (Å²) in [6.45, 7) is 0.733. The van der Waals surface area contributed by atoms with Crippen LogP contribution in [0.1, 0.15) is 23.2 Å². The second-order valence-electron chi connectivity index (χ2n) is 5.86. The van der Waals surface area contributed by atoms with Crippen LogP contribution in [-0.4, -0.2) is 29.0 Å². The van der Waals surface area contributed by atoms with Crippen molar-refractivity contribution < 1.29 is 9.59 Å². The van der Waals surface area contributed by atoms with Crippen LogP contribution in [-0.2, 0) is 4.79 Å². The van der Waals surface area contributed by atoms with Crippen molar-refractivity contribution in [3.05, 3.63) is 54.1 Å². The second kappa shape index (κ2) is 6.98. The van der Waals surface area contributed by atoms with Crippen LogP contribution < -0.4 is 4.90 Å². The molecule has 1 saturated heterocycles. The van der Waals surface area contributed by atoms with Gasteiger partial charge in [0.05, 0.1) is 16.0 Å². The molecule has 1 amide bonds. The average Bonchev–Trinajstić information content (AvgIpc) is 3.25. The van der Waals surface area contributed by atoms with Crippen LogP contribution in [0.4, 0.5) is 5.69 Å². The van der Waals surface area contributed by atoms with Gasteiger partial charge in [0.25, 0.3) is 0 Å². The van der Waals surface area contributed by atoms with Crippen LogP contribution in [0, 0.1) is 0 Å². The van der Waals surface area contributed by atoms with Gasteiger partial charge in [-0.05, 0) is 30.7 Å². The van der Waals surface area contributed by atoms with Crippen molar-refractivity contribution in [3.63, 3.8) is 0 Å². The molecule has 1 aliphatic heterocycles. The van der Waals surface area contributed by atoms with Crippen LogP contribution in [0.2, 0.25) is 0 Å². The fourth-order valence-corrected chi connectivity index (χ4v) is 4.85. The van der Waals surface area contributed by atoms with Crippen molar-refractivity contribution in [3.8, 4) is 0 Å². The van der Waals surface area contributed by atoms with Gasteiger partial charge in [-0.2, -0.15) is 0 Å². The van der Waals surface area contributed by atoms with Gasteiger partial charge in [-0.15, -0.1) is 11.3 Å². The van der Waals surface area contributed by atoms with E-state index in [-0.39, 0.29) is 11.7 Å². The number of thioether (sulfide) groups is 1. The summed E-state index contributed by atoms with van der Waals surface area (Å²) < 4.78 is 2.03. The Morgan fingerprint density at radius 2 is 2.08 bits per heavy atom. The molecule has 4 nitrogen and oxygen atoms in total. The maximum Gasteiger partial charge on any atom is 0.227 e. The lowest BCUT2D eigenvalue weighted by atomic mass is 10.1. The molecule has 0 N–H and O–H groups in total. The maximum absolute atomic E-state index is 12.5. The Labute approximate surface area is 153 Å². The van der Waals surface area contributed by atoms with Crippen molar-refractivity contribution in [1.29, 1.82) is 0 Å². The number of rotatable bonds is 5. The Morgan fingerprint density at radius 3 is 2.88 bits per heavy atom. The molecule has 1 aromatic heterocycles. The Kier molecular flexibility index (Phi) is 4.55. The lowest BCUT2D eigenvalue weighted by molar-refractivity contribution is -0.117. The zero-order chi connectivity index (χ0) is 17.2. The van der Waals surface area contributed by atoms with Crippen molar-refractivity contribution >= 4 is 50.7 Å². The first-order valence-corrected chi connectivity index (χ1v) is 9.93. The third kappa shape index (κ3) is 3.45. The number of Topliss-reactive ketones (excluding diaryl/α,β-unsaturated/α-hetero) is 1. The molecule has 4 rings (SSSR count). The molecule has 2 heterocycles. The van der Waals surface area contributed by atoms with E-state index in [2.05, 4.69) is 4.98 Å². The third-order valence-corrected chi connectivity index (χ3v) is 6.33. The summed E-state index contributed by atoms with van der Waals surface area (Å²) in [5.41, 5.74) is 2.43. The zero-order valence-electron chi connectivity index (χ0n) is 13.5. The maximum atomic E-state index is 12.5. The van der Waals surface area contributed by atoms with E-state index in [1.165, 1.54) is 11.8 Å². The quantitative estimate of drug-likeness (QED) is 0.495. The van der Waals surface area contributed by atoms with Crippen molar-refractivity contribution in [1.82, 2.24) is 4.98 Å². The number of carbonyl (C=O) groups is 2. The average molecular weight is 368 g/mol. The van der Waals surface area contributed by atoms with E-state index >= 15 is 0 Å². The van der Waals surface area contributed by atoms with Crippen LogP contribution in [0.15, 0.2) is 52.9 Å². The number of benzene rings is 2. The number of hydrogen-bond acceptors (Lipinski definition) is 5. The molecule has 0 saturated carbocycles. The molecule has 0 radical (unpaired) electrons. The van der Waals surface area contributed by atoms with E-state index in [1.807, 2.05) is 48.5 Å². The van der Waals surface area contributed by atoms with Gasteiger partial charge in [0.15, 0.2) is 10.1 Å². The van der Waals surface area contributed by atoms with Crippen molar-refractivity contribution in [2.45, 2.75) is 17.2 Å². The minimum atomic E-state index is 0.0535. The second-order valence-corrected chi connectivity index (χ2v) is 8.11. The predicted octanol–water partition coefficient (Wildman–Crippen LogP) is 4.40. The molecule has 0 unspecified atom stereocenters. The molecule has 1 aliphatic rings. The summed E-state index contributed by atoms with van der Waals surface area (Å²) in [4.78, 5) is 30.7. The van der Waals surface area contributed by atoms with Gasteiger partial charge < -0.3 is 4.90 Å². The van der Waals surface area contributed by atoms with E-state index in [9.17, 15) is 9.59 Å². The summed E-state index contributed by atoms with van der Waals surface area (Å²) in [5.74, 6) is 0.531. The topological polar surface area (TPSA) is 50.3 Å². The van der Waals surface area contributed by atoms with E-state index in [1.54, 1.807) is 16.2 Å². The summed E-state index contributed by atoms with van der Waals surface area (Å²) in [7, 11) is 0. The highest BCUT2D eigenvalue weighted by Gasteiger charge is 2.22. The number of nitrogens with zero attached hydrogens (tertiary/aromatic N) is 2. The normalized spacial score (nSPS) is 14.4. The highest BCUT2D eigenvalue weighted by atomic mass is 32.2. The number of amides is 1. The van der Waals surface area contributed by atoms with Gasteiger partial charge in [0, 0.05) is 24.2 Å². The fourth-order valence-electron chi connectivity index (χ4n) is 2.89. The molecule has 0 atom stereocenters. The first-order valence-electron chi connectivity index (χ1n) is 8.13. The first-order chi connectivity index (χ1) is 12.2. The van der Waals surface area contributed by atoms with Gasteiger partial charge in [-0.25, -0.2) is 4.98 Å². The molecule has 3 aromatic rings. The molecule has 0 spiro atoms. The minimum Gasteiger partial charge on any atom is -0.312 e. The molecule has 0 aliphatic carbocycles. The number of carbonyl (C=O) groups excluding carboxylic acids is 2. The lowest BCUT2D eigenvalue weighted by Crippen LogP contribution is -2.23. The zero-order valence-corrected chi connectivity index (χ0v) is 15.1. The smallest absolute Gasteiger partial charge is 0.227 e. The largest absolute Gasteiger partial charge is 0.312 e. The first kappa shape index (κ1) is 16.3. The minimum absolute atomic E-state index is 0.0535. The van der Waals surface area contributed by atoms with Crippen LogP contribution in [0.25, 0.3) is 10.2 Å². The summed E-state index contributed by atoms with van der Waals surface area (Å²) in [6.07, 6.45) is 1.47. The van der Waals surface area contributed by atoms with Crippen LogP contribution in [0.5, 0.6) is 0 Å². The van der Waals surface area contributed by atoms with E-state index < -0.39 is 0 Å². The molecular weight excluding hydrogens is 352 g/mol. The summed E-state index contributed by atoms with van der Waals surface area (Å²) in [6, 6.07) is 15.3. The highest BCUT2D eigenvalue weighted by Crippen LogP contribution is 2.30. The molecule has 1 fully saturated rings. The molecule has 126 valence electrons. The van der Waals surface area contributed by atoms with Gasteiger partial charge in [0.2, 0.25) is 5.91 Å². The highest BCUT2D eigenvalue weighted by molar-refractivity contribution is 8.01. The standard InChI is InChI=1S/C19H16N2O2S2/c22-16(12-24-19-20-15-7-1-2-8-17(15)25-19)13-5-3-6-14(11-13)21-10-4-9-18(21)23/h1-3,5-8,11H,4,9-10,12H2. The monoisotopic (exact) mass is 368 g/mol. The van der Waals surface area contributed by atoms with Gasteiger partial charge in [-0.3, -0.25) is 9.59 Å². The lowest BCUT2D eigenvalue weighted by Gasteiger charge is -2.16. The number of aromatic nitrogens is 1. The Hall–Kier alpha value is -2.18. The van der Waals surface area contributed by atoms with E-state index in [4.69, 9.17) is 0 Å². The number of thiazole rings is 1. The Balaban J connectivity index is 1.46. The van der Waals surface area contributed by atoms with Crippen LogP contribution >= 0.6 is 23.1 Å². The number of ketones is 1. The number of para-hydroxylation sites is 1. The molecule has 25 heavy (non-hydrogen) atoms. The molecular formula is C19H16N2O2S2. The van der Waals surface area contributed by atoms with Gasteiger partial charge in [-0.1, -0.05) is 36.0 Å². The number of anilines is 1. The number of hydrogen-bond donors (Lipinski definition) is 0. The van der Waals surface area contributed by atoms with Crippen LogP contribution in [0.3, 0.4) is 0 Å². The van der Waals surface area contributed by atoms with Crippen molar-refractivity contribution in [2.24, 2.45) is 0 Å². The van der Waals surface area contributed by atoms with E-state index in [0.29, 0.717) is 17.7 Å².